The minimum atomic E-state index is 0.0672. The highest BCUT2D eigenvalue weighted by Gasteiger charge is 2.14. The Morgan fingerprint density at radius 3 is 2.16 bits per heavy atom. The molecule has 0 radical (unpaired) electrons. The Kier molecular flexibility index (Phi) is 4.70. The van der Waals surface area contributed by atoms with Crippen molar-refractivity contribution in [1.82, 2.24) is 5.32 Å². The summed E-state index contributed by atoms with van der Waals surface area (Å²) in [6, 6.07) is 19.8. The van der Waals surface area contributed by atoms with Crippen molar-refractivity contribution in [2.75, 3.05) is 18.5 Å². The van der Waals surface area contributed by atoms with Crippen LogP contribution in [-0.4, -0.2) is 19.5 Å². The minimum absolute atomic E-state index is 0.0672. The van der Waals surface area contributed by atoms with Crippen molar-refractivity contribution in [1.29, 1.82) is 0 Å². The van der Waals surface area contributed by atoms with Crippen molar-refractivity contribution in [3.8, 4) is 0 Å². The lowest BCUT2D eigenvalue weighted by atomic mass is 10.2. The molecule has 2 rings (SSSR count). The number of nitrogens with zero attached hydrogens (tertiary/aromatic N) is 1. The number of anilines is 1. The standard InChI is InChI=1S/C16H18N2O/c1-17-12-16(19)18(15-10-6-3-7-11-15)13-14-8-4-2-5-9-14/h2-11,17H,12-13H2,1H3. The number of nitrogens with one attached hydrogen (secondary N) is 1. The number of para-hydroxylation sites is 1. The van der Waals surface area contributed by atoms with E-state index >= 15 is 0 Å². The topological polar surface area (TPSA) is 32.3 Å². The van der Waals surface area contributed by atoms with Gasteiger partial charge >= 0.3 is 0 Å². The fourth-order valence-electron chi connectivity index (χ4n) is 1.94. The number of carbonyl (C=O) groups excluding carboxylic acids is 1. The van der Waals surface area contributed by atoms with Gasteiger partial charge in [-0.2, -0.15) is 0 Å². The lowest BCUT2D eigenvalue weighted by molar-refractivity contribution is -0.117. The van der Waals surface area contributed by atoms with E-state index in [1.165, 1.54) is 0 Å². The predicted octanol–water partition coefficient (Wildman–Crippen LogP) is 2.44. The van der Waals surface area contributed by atoms with Gasteiger partial charge in [0.1, 0.15) is 0 Å². The highest BCUT2D eigenvalue weighted by atomic mass is 16.2. The molecule has 0 bridgehead atoms. The molecule has 0 heterocycles. The summed E-state index contributed by atoms with van der Waals surface area (Å²) < 4.78 is 0. The van der Waals surface area contributed by atoms with Crippen LogP contribution in [0.3, 0.4) is 0 Å². The molecular weight excluding hydrogens is 236 g/mol. The summed E-state index contributed by atoms with van der Waals surface area (Å²) in [5.41, 5.74) is 2.04. The van der Waals surface area contributed by atoms with E-state index in [0.717, 1.165) is 11.3 Å². The third kappa shape index (κ3) is 3.66. The van der Waals surface area contributed by atoms with Crippen LogP contribution in [0.25, 0.3) is 0 Å². The second-order valence-corrected chi connectivity index (χ2v) is 4.33. The molecule has 0 fully saturated rings. The molecule has 1 amide bonds. The van der Waals surface area contributed by atoms with E-state index in [0.29, 0.717) is 13.1 Å². The first-order valence-corrected chi connectivity index (χ1v) is 6.35. The molecule has 0 atom stereocenters. The summed E-state index contributed by atoms with van der Waals surface area (Å²) in [6.45, 7) is 0.924. The van der Waals surface area contributed by atoms with Crippen LogP contribution in [0.2, 0.25) is 0 Å². The average molecular weight is 254 g/mol. The summed E-state index contributed by atoms with van der Waals surface area (Å²) in [7, 11) is 1.78. The van der Waals surface area contributed by atoms with E-state index in [2.05, 4.69) is 5.32 Å². The van der Waals surface area contributed by atoms with Crippen LogP contribution >= 0.6 is 0 Å². The minimum Gasteiger partial charge on any atom is -0.311 e. The van der Waals surface area contributed by atoms with Gasteiger partial charge in [0.05, 0.1) is 13.1 Å². The number of amides is 1. The van der Waals surface area contributed by atoms with Crippen LogP contribution in [-0.2, 0) is 11.3 Å². The quantitative estimate of drug-likeness (QED) is 0.889. The zero-order valence-corrected chi connectivity index (χ0v) is 11.0. The molecule has 3 heteroatoms. The number of benzene rings is 2. The Morgan fingerprint density at radius 2 is 1.58 bits per heavy atom. The Balaban J connectivity index is 2.22. The first kappa shape index (κ1) is 13.3. The first-order valence-electron chi connectivity index (χ1n) is 6.35. The summed E-state index contributed by atoms with van der Waals surface area (Å²) in [4.78, 5) is 14.0. The summed E-state index contributed by atoms with van der Waals surface area (Å²) in [5, 5.41) is 2.91. The number of hydrogen-bond acceptors (Lipinski definition) is 2. The molecule has 0 aliphatic heterocycles. The fraction of sp³-hybridized carbons (Fsp3) is 0.188. The molecular formula is C16H18N2O. The van der Waals surface area contributed by atoms with Crippen LogP contribution in [0.15, 0.2) is 60.7 Å². The van der Waals surface area contributed by atoms with Gasteiger partial charge in [0.2, 0.25) is 5.91 Å². The summed E-state index contributed by atoms with van der Waals surface area (Å²) >= 11 is 0. The van der Waals surface area contributed by atoms with Crippen LogP contribution < -0.4 is 10.2 Å². The number of rotatable bonds is 5. The largest absolute Gasteiger partial charge is 0.311 e. The monoisotopic (exact) mass is 254 g/mol. The number of carbonyl (C=O) groups is 1. The SMILES string of the molecule is CNCC(=O)N(Cc1ccccc1)c1ccccc1. The molecule has 19 heavy (non-hydrogen) atoms. The third-order valence-electron chi connectivity index (χ3n) is 2.88. The Labute approximate surface area is 113 Å². The van der Waals surface area contributed by atoms with E-state index in [1.807, 2.05) is 60.7 Å². The molecule has 0 saturated carbocycles. The second-order valence-electron chi connectivity index (χ2n) is 4.33. The zero-order chi connectivity index (χ0) is 13.5. The average Bonchev–Trinajstić information content (AvgIpc) is 2.47. The number of likely N-dealkylation sites (N-methyl/N-ethyl adjacent to an activating group) is 1. The predicted molar refractivity (Wildman–Crippen MR) is 78.0 cm³/mol. The molecule has 0 unspecified atom stereocenters. The maximum atomic E-state index is 12.2. The van der Waals surface area contributed by atoms with Gasteiger partial charge in [-0.3, -0.25) is 4.79 Å². The summed E-state index contributed by atoms with van der Waals surface area (Å²) in [5.74, 6) is 0.0672. The van der Waals surface area contributed by atoms with Crippen molar-refractivity contribution in [2.24, 2.45) is 0 Å². The van der Waals surface area contributed by atoms with E-state index < -0.39 is 0 Å². The molecule has 0 aromatic heterocycles. The molecule has 2 aromatic carbocycles. The van der Waals surface area contributed by atoms with Gasteiger partial charge < -0.3 is 10.2 Å². The molecule has 0 aliphatic carbocycles. The van der Waals surface area contributed by atoms with E-state index in [4.69, 9.17) is 0 Å². The van der Waals surface area contributed by atoms with Gasteiger partial charge in [0, 0.05) is 5.69 Å². The van der Waals surface area contributed by atoms with Crippen LogP contribution in [0, 0.1) is 0 Å². The Hall–Kier alpha value is -2.13. The Bertz CT molecular complexity index is 511. The van der Waals surface area contributed by atoms with Gasteiger partial charge in [0.25, 0.3) is 0 Å². The van der Waals surface area contributed by atoms with Crippen molar-refractivity contribution in [2.45, 2.75) is 6.54 Å². The molecule has 0 aliphatic rings. The van der Waals surface area contributed by atoms with Gasteiger partial charge in [0.15, 0.2) is 0 Å². The maximum Gasteiger partial charge on any atom is 0.241 e. The molecule has 2 aromatic rings. The molecule has 0 spiro atoms. The lowest BCUT2D eigenvalue weighted by Gasteiger charge is -2.23. The first-order chi connectivity index (χ1) is 9.31. The molecule has 3 nitrogen and oxygen atoms in total. The fourth-order valence-corrected chi connectivity index (χ4v) is 1.94. The molecule has 98 valence electrons. The molecule has 0 saturated heterocycles. The lowest BCUT2D eigenvalue weighted by Crippen LogP contribution is -2.36. The number of hydrogen-bond donors (Lipinski definition) is 1. The van der Waals surface area contributed by atoms with E-state index in [9.17, 15) is 4.79 Å². The highest BCUT2D eigenvalue weighted by molar-refractivity contribution is 5.94. The smallest absolute Gasteiger partial charge is 0.241 e. The van der Waals surface area contributed by atoms with Crippen molar-refractivity contribution in [3.05, 3.63) is 66.2 Å². The van der Waals surface area contributed by atoms with Crippen LogP contribution in [0.5, 0.6) is 0 Å². The van der Waals surface area contributed by atoms with Gasteiger partial charge in [-0.05, 0) is 24.7 Å². The molecule has 1 N–H and O–H groups in total. The maximum absolute atomic E-state index is 12.2. The van der Waals surface area contributed by atoms with Crippen LogP contribution in [0.1, 0.15) is 5.56 Å². The van der Waals surface area contributed by atoms with E-state index in [1.54, 1.807) is 11.9 Å². The third-order valence-corrected chi connectivity index (χ3v) is 2.88. The highest BCUT2D eigenvalue weighted by Crippen LogP contribution is 2.16. The van der Waals surface area contributed by atoms with Crippen molar-refractivity contribution in [3.63, 3.8) is 0 Å². The second kappa shape index (κ2) is 6.71. The van der Waals surface area contributed by atoms with Crippen LogP contribution in [0.4, 0.5) is 5.69 Å². The van der Waals surface area contributed by atoms with Gasteiger partial charge in [-0.15, -0.1) is 0 Å². The van der Waals surface area contributed by atoms with Gasteiger partial charge in [-0.1, -0.05) is 48.5 Å². The van der Waals surface area contributed by atoms with Crippen molar-refractivity contribution < 1.29 is 4.79 Å². The van der Waals surface area contributed by atoms with Crippen molar-refractivity contribution >= 4 is 11.6 Å². The Morgan fingerprint density at radius 1 is 1.00 bits per heavy atom. The summed E-state index contributed by atoms with van der Waals surface area (Å²) in [6.07, 6.45) is 0. The normalized spacial score (nSPS) is 10.2. The van der Waals surface area contributed by atoms with Gasteiger partial charge in [-0.25, -0.2) is 0 Å². The zero-order valence-electron chi connectivity index (χ0n) is 11.0. The van der Waals surface area contributed by atoms with E-state index in [-0.39, 0.29) is 5.91 Å².